The van der Waals surface area contributed by atoms with Crippen LogP contribution in [0.1, 0.15) is 35.6 Å². The molecule has 3 heterocycles. The molecule has 116 valence electrons. The van der Waals surface area contributed by atoms with Crippen LogP contribution in [0.3, 0.4) is 0 Å². The maximum Gasteiger partial charge on any atom is 0.274 e. The Hall–Kier alpha value is -2.37. The van der Waals surface area contributed by atoms with Crippen molar-refractivity contribution in [2.45, 2.75) is 33.4 Å². The zero-order valence-electron chi connectivity index (χ0n) is 13.0. The van der Waals surface area contributed by atoms with Crippen LogP contribution in [0.25, 0.3) is 0 Å². The highest BCUT2D eigenvalue weighted by Crippen LogP contribution is 2.21. The number of hydrogen-bond acceptors (Lipinski definition) is 4. The first-order valence-electron chi connectivity index (χ1n) is 7.65. The van der Waals surface area contributed by atoms with Crippen LogP contribution >= 0.6 is 0 Å². The van der Waals surface area contributed by atoms with Gasteiger partial charge in [0.2, 0.25) is 5.88 Å². The second kappa shape index (κ2) is 6.17. The molecule has 2 aromatic rings. The summed E-state index contributed by atoms with van der Waals surface area (Å²) in [7, 11) is 0. The minimum atomic E-state index is -0.0215. The van der Waals surface area contributed by atoms with E-state index in [0.717, 1.165) is 24.2 Å². The average Bonchev–Trinajstić information content (AvgIpc) is 3.03. The monoisotopic (exact) mass is 300 g/mol. The second-order valence-corrected chi connectivity index (χ2v) is 5.22. The number of fused-ring (bicyclic) bond motifs is 1. The van der Waals surface area contributed by atoms with Gasteiger partial charge in [-0.3, -0.25) is 9.48 Å². The van der Waals surface area contributed by atoms with E-state index < -0.39 is 0 Å². The van der Waals surface area contributed by atoms with Gasteiger partial charge in [-0.15, -0.1) is 0 Å². The fourth-order valence-electron chi connectivity index (χ4n) is 2.61. The van der Waals surface area contributed by atoms with Gasteiger partial charge in [-0.25, -0.2) is 4.98 Å². The molecule has 0 bridgehead atoms. The second-order valence-electron chi connectivity index (χ2n) is 5.22. The van der Waals surface area contributed by atoms with Crippen molar-refractivity contribution in [2.24, 2.45) is 0 Å². The van der Waals surface area contributed by atoms with Crippen LogP contribution in [0.15, 0.2) is 24.4 Å². The Bertz CT molecular complexity index is 681. The number of rotatable bonds is 4. The Morgan fingerprint density at radius 3 is 2.91 bits per heavy atom. The van der Waals surface area contributed by atoms with Gasteiger partial charge in [0.25, 0.3) is 5.91 Å². The van der Waals surface area contributed by atoms with E-state index >= 15 is 0 Å². The molecule has 0 unspecified atom stereocenters. The summed E-state index contributed by atoms with van der Waals surface area (Å²) >= 11 is 0. The zero-order valence-corrected chi connectivity index (χ0v) is 13.0. The number of pyridine rings is 1. The smallest absolute Gasteiger partial charge is 0.274 e. The molecule has 0 spiro atoms. The van der Waals surface area contributed by atoms with E-state index in [1.54, 1.807) is 10.7 Å². The molecule has 0 fully saturated rings. The lowest BCUT2D eigenvalue weighted by molar-refractivity contribution is 0.0726. The highest BCUT2D eigenvalue weighted by Gasteiger charge is 2.24. The van der Waals surface area contributed by atoms with Gasteiger partial charge in [0.05, 0.1) is 12.3 Å². The van der Waals surface area contributed by atoms with Crippen LogP contribution in [-0.2, 0) is 19.5 Å². The van der Waals surface area contributed by atoms with Crippen LogP contribution in [0, 0.1) is 0 Å². The summed E-state index contributed by atoms with van der Waals surface area (Å²) in [6, 6.07) is 5.64. The Kier molecular flexibility index (Phi) is 4.09. The third kappa shape index (κ3) is 2.81. The van der Waals surface area contributed by atoms with Crippen molar-refractivity contribution < 1.29 is 9.53 Å². The lowest BCUT2D eigenvalue weighted by Gasteiger charge is -2.27. The molecule has 6 heteroatoms. The van der Waals surface area contributed by atoms with E-state index in [4.69, 9.17) is 4.74 Å². The predicted octanol–water partition coefficient (Wildman–Crippen LogP) is 1.90. The van der Waals surface area contributed by atoms with Crippen molar-refractivity contribution in [3.05, 3.63) is 41.3 Å². The van der Waals surface area contributed by atoms with Crippen LogP contribution in [0.5, 0.6) is 5.88 Å². The van der Waals surface area contributed by atoms with Gasteiger partial charge in [0, 0.05) is 38.3 Å². The summed E-state index contributed by atoms with van der Waals surface area (Å²) in [5.74, 6) is 0.634. The van der Waals surface area contributed by atoms with Gasteiger partial charge >= 0.3 is 0 Å². The van der Waals surface area contributed by atoms with Crippen molar-refractivity contribution >= 4 is 5.91 Å². The Balaban J connectivity index is 1.75. The van der Waals surface area contributed by atoms with E-state index in [9.17, 15) is 4.79 Å². The molecule has 0 saturated heterocycles. The van der Waals surface area contributed by atoms with Crippen molar-refractivity contribution in [2.75, 3.05) is 13.2 Å². The van der Waals surface area contributed by atoms with E-state index in [2.05, 4.69) is 10.1 Å². The molecular formula is C16H20N4O2. The van der Waals surface area contributed by atoms with E-state index in [1.165, 1.54) is 0 Å². The lowest BCUT2D eigenvalue weighted by Crippen LogP contribution is -2.36. The van der Waals surface area contributed by atoms with Gasteiger partial charge in [0.1, 0.15) is 5.69 Å². The predicted molar refractivity (Wildman–Crippen MR) is 81.8 cm³/mol. The SMILES string of the molecule is CCOc1ccc2c(n1)CCN(C(=O)c1ccn(CC)n1)C2. The number of aromatic nitrogens is 3. The van der Waals surface area contributed by atoms with Gasteiger partial charge < -0.3 is 9.64 Å². The highest BCUT2D eigenvalue weighted by atomic mass is 16.5. The zero-order chi connectivity index (χ0) is 15.5. The topological polar surface area (TPSA) is 60.2 Å². The first-order valence-corrected chi connectivity index (χ1v) is 7.65. The summed E-state index contributed by atoms with van der Waals surface area (Å²) in [6.45, 7) is 6.55. The third-order valence-corrected chi connectivity index (χ3v) is 3.79. The lowest BCUT2D eigenvalue weighted by atomic mass is 10.1. The molecule has 22 heavy (non-hydrogen) atoms. The summed E-state index contributed by atoms with van der Waals surface area (Å²) in [4.78, 5) is 18.8. The Labute approximate surface area is 129 Å². The van der Waals surface area contributed by atoms with Crippen LogP contribution in [0.2, 0.25) is 0 Å². The molecule has 2 aromatic heterocycles. The number of amides is 1. The fraction of sp³-hybridized carbons (Fsp3) is 0.438. The summed E-state index contributed by atoms with van der Waals surface area (Å²) in [6.07, 6.45) is 2.58. The van der Waals surface area contributed by atoms with E-state index in [0.29, 0.717) is 31.3 Å². The number of aryl methyl sites for hydroxylation is 1. The summed E-state index contributed by atoms with van der Waals surface area (Å²) in [5, 5.41) is 4.29. The highest BCUT2D eigenvalue weighted by molar-refractivity contribution is 5.92. The van der Waals surface area contributed by atoms with Crippen molar-refractivity contribution in [3.63, 3.8) is 0 Å². The summed E-state index contributed by atoms with van der Waals surface area (Å²) < 4.78 is 7.19. The van der Waals surface area contributed by atoms with E-state index in [1.807, 2.05) is 37.1 Å². The van der Waals surface area contributed by atoms with Gasteiger partial charge in [-0.1, -0.05) is 6.07 Å². The van der Waals surface area contributed by atoms with Gasteiger partial charge in [0.15, 0.2) is 0 Å². The molecule has 1 aliphatic rings. The molecule has 1 amide bonds. The molecular weight excluding hydrogens is 280 g/mol. The standard InChI is InChI=1S/C16H20N4O2/c1-3-20-10-8-14(18-20)16(21)19-9-7-13-12(11-19)5-6-15(17-13)22-4-2/h5-6,8,10H,3-4,7,9,11H2,1-2H3. The van der Waals surface area contributed by atoms with Gasteiger partial charge in [-0.2, -0.15) is 5.10 Å². The normalized spacial score (nSPS) is 13.8. The third-order valence-electron chi connectivity index (χ3n) is 3.79. The molecule has 0 N–H and O–H groups in total. The summed E-state index contributed by atoms with van der Waals surface area (Å²) in [5.41, 5.74) is 2.61. The number of ether oxygens (including phenoxy) is 1. The number of carbonyl (C=O) groups is 1. The first-order chi connectivity index (χ1) is 10.7. The fourth-order valence-corrected chi connectivity index (χ4v) is 2.61. The van der Waals surface area contributed by atoms with Crippen LogP contribution in [-0.4, -0.2) is 38.7 Å². The minimum absolute atomic E-state index is 0.0215. The van der Waals surface area contributed by atoms with Gasteiger partial charge in [-0.05, 0) is 25.5 Å². The largest absolute Gasteiger partial charge is 0.478 e. The average molecular weight is 300 g/mol. The first kappa shape index (κ1) is 14.6. The number of nitrogens with zero attached hydrogens (tertiary/aromatic N) is 4. The van der Waals surface area contributed by atoms with Crippen molar-refractivity contribution in [3.8, 4) is 5.88 Å². The molecule has 0 aromatic carbocycles. The quantitative estimate of drug-likeness (QED) is 0.865. The Morgan fingerprint density at radius 2 is 2.18 bits per heavy atom. The molecule has 0 radical (unpaired) electrons. The van der Waals surface area contributed by atoms with Crippen molar-refractivity contribution in [1.29, 1.82) is 0 Å². The van der Waals surface area contributed by atoms with Crippen molar-refractivity contribution in [1.82, 2.24) is 19.7 Å². The maximum absolute atomic E-state index is 12.5. The molecule has 6 nitrogen and oxygen atoms in total. The minimum Gasteiger partial charge on any atom is -0.478 e. The molecule has 0 saturated carbocycles. The van der Waals surface area contributed by atoms with E-state index in [-0.39, 0.29) is 5.91 Å². The Morgan fingerprint density at radius 1 is 1.32 bits per heavy atom. The number of hydrogen-bond donors (Lipinski definition) is 0. The van der Waals surface area contributed by atoms with Crippen LogP contribution in [0.4, 0.5) is 0 Å². The number of carbonyl (C=O) groups excluding carboxylic acids is 1. The molecule has 0 aliphatic carbocycles. The molecule has 0 atom stereocenters. The molecule has 1 aliphatic heterocycles. The van der Waals surface area contributed by atoms with Crippen LogP contribution < -0.4 is 4.74 Å². The maximum atomic E-state index is 12.5. The molecule has 3 rings (SSSR count).